The summed E-state index contributed by atoms with van der Waals surface area (Å²) in [6.45, 7) is 0. The van der Waals surface area contributed by atoms with Gasteiger partial charge in [0, 0.05) is 17.1 Å². The molecule has 0 spiro atoms. The molecule has 2 nitrogen and oxygen atoms in total. The molecule has 0 saturated carbocycles. The molecular weight excluding hydrogens is 228 g/mol. The van der Waals surface area contributed by atoms with E-state index in [-0.39, 0.29) is 0 Å². The molecule has 0 bridgehead atoms. The normalized spacial score (nSPS) is 11.0. The minimum absolute atomic E-state index is 0.678. The van der Waals surface area contributed by atoms with E-state index in [4.69, 9.17) is 11.6 Å². The van der Waals surface area contributed by atoms with Crippen molar-refractivity contribution in [3.63, 3.8) is 0 Å². The van der Waals surface area contributed by atoms with Crippen molar-refractivity contribution in [1.29, 1.82) is 0 Å². The summed E-state index contributed by atoms with van der Waals surface area (Å²) in [7, 11) is 0. The lowest BCUT2D eigenvalue weighted by atomic mass is 10.2. The molecule has 0 aliphatic heterocycles. The van der Waals surface area contributed by atoms with E-state index in [0.29, 0.717) is 5.15 Å². The van der Waals surface area contributed by atoms with Gasteiger partial charge in [-0.2, -0.15) is 0 Å². The molecule has 74 valence electrons. The van der Waals surface area contributed by atoms with Gasteiger partial charge < -0.3 is 0 Å². The van der Waals surface area contributed by atoms with Crippen LogP contribution >= 0.6 is 22.9 Å². The maximum atomic E-state index is 6.24. The van der Waals surface area contributed by atoms with Crippen molar-refractivity contribution in [2.75, 3.05) is 0 Å². The van der Waals surface area contributed by atoms with Gasteiger partial charge in [0.2, 0.25) is 0 Å². The van der Waals surface area contributed by atoms with E-state index in [1.165, 1.54) is 0 Å². The van der Waals surface area contributed by atoms with Gasteiger partial charge in [-0.3, -0.25) is 4.40 Å². The second-order valence-corrected chi connectivity index (χ2v) is 4.40. The number of thiazole rings is 1. The summed E-state index contributed by atoms with van der Waals surface area (Å²) in [5.74, 6) is 0. The number of hydrogen-bond donors (Lipinski definition) is 0. The first-order valence-corrected chi connectivity index (χ1v) is 5.78. The first-order valence-electron chi connectivity index (χ1n) is 4.53. The molecular formula is C11H7ClN2S. The van der Waals surface area contributed by atoms with E-state index in [9.17, 15) is 0 Å². The third-order valence-corrected chi connectivity index (χ3v) is 3.37. The second-order valence-electron chi connectivity index (χ2n) is 3.17. The fourth-order valence-corrected chi connectivity index (χ4v) is 2.59. The van der Waals surface area contributed by atoms with Crippen LogP contribution in [0.4, 0.5) is 0 Å². The van der Waals surface area contributed by atoms with Crippen molar-refractivity contribution in [3.8, 4) is 11.3 Å². The first kappa shape index (κ1) is 8.95. The Balaban J connectivity index is 2.27. The smallest absolute Gasteiger partial charge is 0.195 e. The maximum Gasteiger partial charge on any atom is 0.195 e. The molecule has 3 rings (SSSR count). The topological polar surface area (TPSA) is 17.3 Å². The zero-order chi connectivity index (χ0) is 10.3. The van der Waals surface area contributed by atoms with Gasteiger partial charge in [-0.15, -0.1) is 11.3 Å². The molecule has 0 N–H and O–H groups in total. The van der Waals surface area contributed by atoms with Crippen LogP contribution in [0.15, 0.2) is 41.9 Å². The Hall–Kier alpha value is -1.32. The molecule has 3 aromatic rings. The first-order chi connectivity index (χ1) is 7.36. The SMILES string of the molecule is Clc1c(-c2ccccc2)nc2sccn12. The van der Waals surface area contributed by atoms with Crippen LogP contribution in [0, 0.1) is 0 Å². The third-order valence-electron chi connectivity index (χ3n) is 2.25. The Bertz CT molecular complexity index is 597. The summed E-state index contributed by atoms with van der Waals surface area (Å²) >= 11 is 7.82. The van der Waals surface area contributed by atoms with Crippen LogP contribution in [0.5, 0.6) is 0 Å². The Morgan fingerprint density at radius 3 is 2.73 bits per heavy atom. The lowest BCUT2D eigenvalue weighted by molar-refractivity contribution is 1.23. The Labute approximate surface area is 95.8 Å². The van der Waals surface area contributed by atoms with Crippen molar-refractivity contribution in [1.82, 2.24) is 9.38 Å². The highest BCUT2D eigenvalue weighted by Gasteiger charge is 2.11. The number of halogens is 1. The molecule has 0 amide bonds. The van der Waals surface area contributed by atoms with Crippen LogP contribution in [-0.2, 0) is 0 Å². The molecule has 1 aromatic carbocycles. The standard InChI is InChI=1S/C11H7ClN2S/c12-10-9(8-4-2-1-3-5-8)13-11-14(10)6-7-15-11/h1-7H. The van der Waals surface area contributed by atoms with Crippen molar-refractivity contribution >= 4 is 27.9 Å². The molecule has 4 heteroatoms. The van der Waals surface area contributed by atoms with Gasteiger partial charge in [0.1, 0.15) is 10.8 Å². The van der Waals surface area contributed by atoms with E-state index in [1.54, 1.807) is 11.3 Å². The Kier molecular flexibility index (Phi) is 2.01. The molecule has 0 aliphatic carbocycles. The number of imidazole rings is 1. The van der Waals surface area contributed by atoms with E-state index in [0.717, 1.165) is 16.2 Å². The predicted molar refractivity (Wildman–Crippen MR) is 63.5 cm³/mol. The van der Waals surface area contributed by atoms with Crippen LogP contribution in [-0.4, -0.2) is 9.38 Å². The minimum Gasteiger partial charge on any atom is -0.280 e. The van der Waals surface area contributed by atoms with Crippen LogP contribution in [0.1, 0.15) is 0 Å². The van der Waals surface area contributed by atoms with Gasteiger partial charge in [-0.1, -0.05) is 41.9 Å². The van der Waals surface area contributed by atoms with E-state index >= 15 is 0 Å². The van der Waals surface area contributed by atoms with Crippen LogP contribution in [0.3, 0.4) is 0 Å². The molecule has 0 atom stereocenters. The molecule has 15 heavy (non-hydrogen) atoms. The quantitative estimate of drug-likeness (QED) is 0.627. The van der Waals surface area contributed by atoms with Gasteiger partial charge in [0.15, 0.2) is 4.96 Å². The average Bonchev–Trinajstić information content (AvgIpc) is 2.83. The Morgan fingerprint density at radius 1 is 1.20 bits per heavy atom. The summed E-state index contributed by atoms with van der Waals surface area (Å²) in [5, 5.41) is 2.65. The molecule has 2 aromatic heterocycles. The maximum absolute atomic E-state index is 6.24. The summed E-state index contributed by atoms with van der Waals surface area (Å²) in [4.78, 5) is 5.42. The van der Waals surface area contributed by atoms with Crippen LogP contribution < -0.4 is 0 Å². The fraction of sp³-hybridized carbons (Fsp3) is 0. The van der Waals surface area contributed by atoms with Gasteiger partial charge in [-0.05, 0) is 0 Å². The summed E-state index contributed by atoms with van der Waals surface area (Å²) in [6, 6.07) is 9.98. The van der Waals surface area contributed by atoms with Gasteiger partial charge >= 0.3 is 0 Å². The second kappa shape index (κ2) is 3.36. The van der Waals surface area contributed by atoms with E-state index in [2.05, 4.69) is 4.98 Å². The van der Waals surface area contributed by atoms with Crippen molar-refractivity contribution in [2.24, 2.45) is 0 Å². The van der Waals surface area contributed by atoms with E-state index in [1.807, 2.05) is 46.3 Å². The molecule has 2 heterocycles. The number of benzene rings is 1. The number of aromatic nitrogens is 2. The zero-order valence-corrected chi connectivity index (χ0v) is 9.29. The van der Waals surface area contributed by atoms with E-state index < -0.39 is 0 Å². The zero-order valence-electron chi connectivity index (χ0n) is 7.72. The predicted octanol–water partition coefficient (Wildman–Crippen LogP) is 3.72. The third kappa shape index (κ3) is 1.35. The number of fused-ring (bicyclic) bond motifs is 1. The molecule has 0 saturated heterocycles. The Morgan fingerprint density at radius 2 is 2.00 bits per heavy atom. The average molecular weight is 235 g/mol. The van der Waals surface area contributed by atoms with Crippen LogP contribution in [0.25, 0.3) is 16.2 Å². The molecule has 0 fully saturated rings. The van der Waals surface area contributed by atoms with Gasteiger partial charge in [0.25, 0.3) is 0 Å². The molecule has 0 unspecified atom stereocenters. The van der Waals surface area contributed by atoms with Gasteiger partial charge in [0.05, 0.1) is 0 Å². The minimum atomic E-state index is 0.678. The summed E-state index contributed by atoms with van der Waals surface area (Å²) in [5.41, 5.74) is 1.91. The molecule has 0 aliphatic rings. The highest BCUT2D eigenvalue weighted by molar-refractivity contribution is 7.15. The lowest BCUT2D eigenvalue weighted by Gasteiger charge is -1.95. The van der Waals surface area contributed by atoms with Gasteiger partial charge in [-0.25, -0.2) is 4.98 Å². The van der Waals surface area contributed by atoms with Crippen molar-refractivity contribution in [2.45, 2.75) is 0 Å². The fourth-order valence-electron chi connectivity index (χ4n) is 1.54. The monoisotopic (exact) mass is 234 g/mol. The van der Waals surface area contributed by atoms with Crippen molar-refractivity contribution < 1.29 is 0 Å². The summed E-state index contributed by atoms with van der Waals surface area (Å²) < 4.78 is 1.90. The highest BCUT2D eigenvalue weighted by Crippen LogP contribution is 2.29. The number of hydrogen-bond acceptors (Lipinski definition) is 2. The summed E-state index contributed by atoms with van der Waals surface area (Å²) in [6.07, 6.45) is 1.93. The molecule has 0 radical (unpaired) electrons. The number of rotatable bonds is 1. The van der Waals surface area contributed by atoms with Crippen molar-refractivity contribution in [3.05, 3.63) is 47.1 Å². The largest absolute Gasteiger partial charge is 0.280 e. The number of nitrogens with zero attached hydrogens (tertiary/aromatic N) is 2. The highest BCUT2D eigenvalue weighted by atomic mass is 35.5. The lowest BCUT2D eigenvalue weighted by Crippen LogP contribution is -1.78. The van der Waals surface area contributed by atoms with Crippen LogP contribution in [0.2, 0.25) is 5.15 Å².